The molecule has 1 atom stereocenters. The highest BCUT2D eigenvalue weighted by Crippen LogP contribution is 2.43. The molecule has 10 nitrogen and oxygen atoms in total. The van der Waals surface area contributed by atoms with Crippen LogP contribution in [0.5, 0.6) is 11.5 Å². The summed E-state index contributed by atoms with van der Waals surface area (Å²) in [5, 5.41) is 17.5. The minimum atomic E-state index is -0.698. The molecule has 0 saturated carbocycles. The fraction of sp³-hybridized carbons (Fsp3) is 0.233. The van der Waals surface area contributed by atoms with Gasteiger partial charge in [-0.3, -0.25) is 19.7 Å². The molecule has 2 N–H and O–H groups in total. The van der Waals surface area contributed by atoms with Gasteiger partial charge in [-0.05, 0) is 55.7 Å². The van der Waals surface area contributed by atoms with Crippen molar-refractivity contribution >= 4 is 23.2 Å². The van der Waals surface area contributed by atoms with Crippen LogP contribution in [0.2, 0.25) is 0 Å². The van der Waals surface area contributed by atoms with E-state index in [1.807, 2.05) is 0 Å². The van der Waals surface area contributed by atoms with Gasteiger partial charge in [0.15, 0.2) is 11.5 Å². The van der Waals surface area contributed by atoms with Crippen molar-refractivity contribution in [1.82, 2.24) is 10.3 Å². The number of pyridine rings is 1. The smallest absolute Gasteiger partial charge is 0.311 e. The second-order valence-corrected chi connectivity index (χ2v) is 9.66. The van der Waals surface area contributed by atoms with E-state index in [9.17, 15) is 24.1 Å². The summed E-state index contributed by atoms with van der Waals surface area (Å²) in [6.07, 6.45) is 3.30. The van der Waals surface area contributed by atoms with E-state index in [1.54, 1.807) is 49.5 Å². The number of hydrogen-bond acceptors (Lipinski definition) is 8. The van der Waals surface area contributed by atoms with Gasteiger partial charge < -0.3 is 20.1 Å². The summed E-state index contributed by atoms with van der Waals surface area (Å²) in [5.74, 6) is -1.28. The van der Waals surface area contributed by atoms with Gasteiger partial charge in [0.25, 0.3) is 5.91 Å². The Morgan fingerprint density at radius 3 is 2.73 bits per heavy atom. The van der Waals surface area contributed by atoms with E-state index < -0.39 is 22.6 Å². The monoisotopic (exact) mass is 558 g/mol. The van der Waals surface area contributed by atoms with Crippen LogP contribution >= 0.6 is 0 Å². The van der Waals surface area contributed by atoms with E-state index in [1.165, 1.54) is 7.11 Å². The molecule has 1 amide bonds. The molecule has 1 aliphatic heterocycles. The van der Waals surface area contributed by atoms with E-state index in [4.69, 9.17) is 9.47 Å². The average molecular weight is 559 g/mol. The Balaban J connectivity index is 1.55. The number of methoxy groups -OCH3 is 1. The molecular formula is C30H27FN4O6. The number of halogens is 1. The first-order chi connectivity index (χ1) is 19.8. The number of benzene rings is 2. The Labute approximate surface area is 235 Å². The minimum Gasteiger partial charge on any atom is -0.496 e. The number of carbonyl (C=O) groups excluding carboxylic acids is 2. The van der Waals surface area contributed by atoms with Crippen molar-refractivity contribution in [2.75, 3.05) is 12.4 Å². The van der Waals surface area contributed by atoms with Gasteiger partial charge in [0.1, 0.15) is 24.0 Å². The van der Waals surface area contributed by atoms with Crippen LogP contribution in [0.25, 0.3) is 0 Å². The molecule has 5 rings (SSSR count). The number of allylic oxidation sites excluding steroid dienone is 3. The molecule has 210 valence electrons. The van der Waals surface area contributed by atoms with Crippen LogP contribution < -0.4 is 20.1 Å². The van der Waals surface area contributed by atoms with E-state index in [0.29, 0.717) is 58.8 Å². The molecule has 0 saturated heterocycles. The Hall–Kier alpha value is -5.06. The van der Waals surface area contributed by atoms with Gasteiger partial charge in [0.2, 0.25) is 0 Å². The molecule has 2 aliphatic rings. The first-order valence-electron chi connectivity index (χ1n) is 13.0. The van der Waals surface area contributed by atoms with Gasteiger partial charge in [-0.2, -0.15) is 0 Å². The van der Waals surface area contributed by atoms with Gasteiger partial charge in [-0.25, -0.2) is 9.37 Å². The Bertz CT molecular complexity index is 1600. The van der Waals surface area contributed by atoms with Crippen LogP contribution in [0.3, 0.4) is 0 Å². The molecule has 11 heteroatoms. The quantitative estimate of drug-likeness (QED) is 0.280. The fourth-order valence-corrected chi connectivity index (χ4v) is 5.24. The van der Waals surface area contributed by atoms with Crippen molar-refractivity contribution in [3.05, 3.63) is 110 Å². The number of Topliss-reactive ketones (excluding diaryl/α,β-unsaturated/α-hetero) is 1. The van der Waals surface area contributed by atoms with Crippen molar-refractivity contribution in [1.29, 1.82) is 0 Å². The zero-order valence-electron chi connectivity index (χ0n) is 22.4. The number of carbonyl (C=O) groups is 2. The van der Waals surface area contributed by atoms with Crippen LogP contribution in [0.1, 0.15) is 43.2 Å². The number of aromatic nitrogens is 1. The summed E-state index contributed by atoms with van der Waals surface area (Å²) in [6, 6.07) is 13.3. The van der Waals surface area contributed by atoms with E-state index >= 15 is 0 Å². The third-order valence-corrected chi connectivity index (χ3v) is 7.07. The van der Waals surface area contributed by atoms with Crippen LogP contribution in [0.15, 0.2) is 83.3 Å². The number of nitrogens with one attached hydrogen (secondary N) is 2. The summed E-state index contributed by atoms with van der Waals surface area (Å²) in [7, 11) is 1.47. The number of amides is 1. The first kappa shape index (κ1) is 27.5. The number of dihydropyridines is 1. The van der Waals surface area contributed by atoms with E-state index in [0.717, 1.165) is 23.9 Å². The second-order valence-electron chi connectivity index (χ2n) is 9.66. The minimum absolute atomic E-state index is 0.0524. The predicted molar refractivity (Wildman–Crippen MR) is 148 cm³/mol. The lowest BCUT2D eigenvalue weighted by Gasteiger charge is -2.34. The molecule has 0 unspecified atom stereocenters. The van der Waals surface area contributed by atoms with E-state index in [2.05, 4.69) is 15.6 Å². The van der Waals surface area contributed by atoms with Gasteiger partial charge in [-0.15, -0.1) is 0 Å². The zero-order chi connectivity index (χ0) is 29.1. The van der Waals surface area contributed by atoms with Gasteiger partial charge >= 0.3 is 5.69 Å². The topological polar surface area (TPSA) is 133 Å². The largest absolute Gasteiger partial charge is 0.496 e. The molecule has 2 heterocycles. The number of hydrogen-bond donors (Lipinski definition) is 2. The lowest BCUT2D eigenvalue weighted by molar-refractivity contribution is -0.386. The lowest BCUT2D eigenvalue weighted by Crippen LogP contribution is -2.35. The highest BCUT2D eigenvalue weighted by Gasteiger charge is 2.38. The summed E-state index contributed by atoms with van der Waals surface area (Å²) < 4.78 is 25.1. The molecule has 0 bridgehead atoms. The predicted octanol–water partition coefficient (Wildman–Crippen LogP) is 5.32. The number of nitro benzene ring substituents is 1. The van der Waals surface area contributed by atoms with E-state index in [-0.39, 0.29) is 23.8 Å². The second kappa shape index (κ2) is 11.6. The standard InChI is InChI=1S/C30H27FN4O6/c1-17-27(30(37)34-26-8-3-4-13-32-26)28(29-21(33-17)6-5-7-23(29)36)18-9-12-24(40-2)19(14-18)16-41-25-15-20(31)10-11-22(25)35(38)39/h3-4,8-15,28,33H,5-7,16H2,1-2H3,(H,32,34,37)/t28-/m1/s1. The molecule has 0 fully saturated rings. The number of nitrogens with zero attached hydrogens (tertiary/aromatic N) is 2. The van der Waals surface area contributed by atoms with Gasteiger partial charge in [0, 0.05) is 58.8 Å². The van der Waals surface area contributed by atoms with Crippen LogP contribution in [-0.4, -0.2) is 28.7 Å². The Morgan fingerprint density at radius 2 is 2.00 bits per heavy atom. The molecule has 41 heavy (non-hydrogen) atoms. The van der Waals surface area contributed by atoms with Crippen molar-refractivity contribution in [3.63, 3.8) is 0 Å². The highest BCUT2D eigenvalue weighted by atomic mass is 19.1. The van der Waals surface area contributed by atoms with Crippen molar-refractivity contribution in [2.45, 2.75) is 38.7 Å². The molecule has 2 aromatic carbocycles. The molecule has 0 spiro atoms. The summed E-state index contributed by atoms with van der Waals surface area (Å²) >= 11 is 0. The number of ether oxygens (including phenoxy) is 2. The number of rotatable bonds is 8. The molecule has 1 aromatic heterocycles. The van der Waals surface area contributed by atoms with Crippen molar-refractivity contribution < 1.29 is 28.4 Å². The third kappa shape index (κ3) is 5.65. The fourth-order valence-electron chi connectivity index (χ4n) is 5.24. The van der Waals surface area contributed by atoms with Crippen LogP contribution in [0, 0.1) is 15.9 Å². The first-order valence-corrected chi connectivity index (χ1v) is 13.0. The van der Waals surface area contributed by atoms with Crippen molar-refractivity contribution in [2.24, 2.45) is 0 Å². The number of anilines is 1. The van der Waals surface area contributed by atoms with Crippen molar-refractivity contribution in [3.8, 4) is 11.5 Å². The van der Waals surface area contributed by atoms with Gasteiger partial charge in [0.05, 0.1) is 12.0 Å². The molecule has 1 aliphatic carbocycles. The average Bonchev–Trinajstić information content (AvgIpc) is 2.95. The lowest BCUT2D eigenvalue weighted by atomic mass is 9.74. The Kier molecular flexibility index (Phi) is 7.77. The molecule has 0 radical (unpaired) electrons. The third-order valence-electron chi connectivity index (χ3n) is 7.07. The summed E-state index contributed by atoms with van der Waals surface area (Å²) in [5.41, 5.74) is 3.02. The Morgan fingerprint density at radius 1 is 1.17 bits per heavy atom. The SMILES string of the molecule is COc1ccc([C@@H]2C(C(=O)Nc3ccccn3)=C(C)NC3=C2C(=O)CCC3)cc1COc1cc(F)ccc1[N+](=O)[O-]. The molecule has 3 aromatic rings. The summed E-state index contributed by atoms with van der Waals surface area (Å²) in [4.78, 5) is 41.9. The maximum atomic E-state index is 13.9. The maximum absolute atomic E-state index is 13.9. The number of nitro groups is 1. The number of ketones is 1. The van der Waals surface area contributed by atoms with Crippen LogP contribution in [0.4, 0.5) is 15.9 Å². The summed E-state index contributed by atoms with van der Waals surface area (Å²) in [6.45, 7) is 1.60. The van der Waals surface area contributed by atoms with Gasteiger partial charge in [-0.1, -0.05) is 12.1 Å². The highest BCUT2D eigenvalue weighted by molar-refractivity contribution is 6.09. The zero-order valence-corrected chi connectivity index (χ0v) is 22.4. The molecular weight excluding hydrogens is 531 g/mol. The van der Waals surface area contributed by atoms with Crippen LogP contribution in [-0.2, 0) is 16.2 Å². The normalized spacial score (nSPS) is 16.6. The maximum Gasteiger partial charge on any atom is 0.311 e.